The van der Waals surface area contributed by atoms with E-state index in [1.54, 1.807) is 20.3 Å². The summed E-state index contributed by atoms with van der Waals surface area (Å²) >= 11 is 2.81. The number of carbonyl (C=O) groups excluding carboxylic acids is 2. The van der Waals surface area contributed by atoms with Crippen LogP contribution in [-0.4, -0.2) is 36.3 Å². The maximum Gasteiger partial charge on any atom is 0.248 e. The quantitative estimate of drug-likeness (QED) is 0.152. The molecular formula is C30H29N3O4S2. The molecule has 9 heteroatoms. The minimum atomic E-state index is -0.331. The zero-order chi connectivity index (χ0) is 27.6. The van der Waals surface area contributed by atoms with Crippen molar-refractivity contribution in [2.45, 2.75) is 23.5 Å². The zero-order valence-electron chi connectivity index (χ0n) is 21.8. The number of nitrogens with one attached hydrogen (secondary N) is 2. The van der Waals surface area contributed by atoms with Crippen molar-refractivity contribution in [1.82, 2.24) is 4.98 Å². The van der Waals surface area contributed by atoms with Crippen LogP contribution in [0.1, 0.15) is 18.9 Å². The first-order valence-electron chi connectivity index (χ1n) is 12.3. The van der Waals surface area contributed by atoms with Gasteiger partial charge in [0.25, 0.3) is 0 Å². The third kappa shape index (κ3) is 7.72. The Morgan fingerprint density at radius 3 is 2.51 bits per heavy atom. The van der Waals surface area contributed by atoms with Crippen molar-refractivity contribution >= 4 is 51.8 Å². The van der Waals surface area contributed by atoms with Crippen molar-refractivity contribution in [1.29, 1.82) is 0 Å². The standard InChI is InChI=1S/C30H29N3O4S2/c1-4-27(29(35)33-30-32-24(19-38-30)21-14-15-25(36-2)26(17-21)37-3)39-23-12-8-11-22(18-23)31-28(34)16-13-20-9-6-5-7-10-20/h5-19,27H,4H2,1-3H3,(H,31,34)(H,32,33,35)/b16-13+. The van der Waals surface area contributed by atoms with Crippen LogP contribution in [0.25, 0.3) is 17.3 Å². The molecule has 1 atom stereocenters. The predicted molar refractivity (Wildman–Crippen MR) is 160 cm³/mol. The van der Waals surface area contributed by atoms with Crippen LogP contribution in [0, 0.1) is 0 Å². The number of hydrogen-bond donors (Lipinski definition) is 2. The summed E-state index contributed by atoms with van der Waals surface area (Å²) in [5.74, 6) is 0.901. The summed E-state index contributed by atoms with van der Waals surface area (Å²) in [5, 5.41) is 7.91. The molecule has 0 radical (unpaired) electrons. The largest absolute Gasteiger partial charge is 0.493 e. The average Bonchev–Trinajstić information content (AvgIpc) is 3.43. The van der Waals surface area contributed by atoms with E-state index in [1.165, 1.54) is 29.2 Å². The molecule has 0 fully saturated rings. The number of anilines is 2. The summed E-state index contributed by atoms with van der Waals surface area (Å²) in [4.78, 5) is 30.9. The third-order valence-corrected chi connectivity index (χ3v) is 7.80. The van der Waals surface area contributed by atoms with E-state index in [2.05, 4.69) is 15.6 Å². The minimum Gasteiger partial charge on any atom is -0.493 e. The molecule has 0 aliphatic rings. The lowest BCUT2D eigenvalue weighted by molar-refractivity contribution is -0.115. The van der Waals surface area contributed by atoms with Gasteiger partial charge in [0.15, 0.2) is 16.6 Å². The Bertz CT molecular complexity index is 1450. The van der Waals surface area contributed by atoms with Crippen LogP contribution in [-0.2, 0) is 9.59 Å². The molecule has 0 aliphatic carbocycles. The Morgan fingerprint density at radius 2 is 1.77 bits per heavy atom. The lowest BCUT2D eigenvalue weighted by Gasteiger charge is -2.14. The Labute approximate surface area is 236 Å². The van der Waals surface area contributed by atoms with Gasteiger partial charge >= 0.3 is 0 Å². The van der Waals surface area contributed by atoms with Gasteiger partial charge in [-0.1, -0.05) is 43.3 Å². The number of rotatable bonds is 11. The highest BCUT2D eigenvalue weighted by Gasteiger charge is 2.20. The summed E-state index contributed by atoms with van der Waals surface area (Å²) in [6.07, 6.45) is 3.89. The van der Waals surface area contributed by atoms with Crippen LogP contribution in [0.2, 0.25) is 0 Å². The molecule has 39 heavy (non-hydrogen) atoms. The van der Waals surface area contributed by atoms with Crippen LogP contribution in [0.15, 0.2) is 89.1 Å². The van der Waals surface area contributed by atoms with Gasteiger partial charge in [-0.15, -0.1) is 23.1 Å². The van der Waals surface area contributed by atoms with E-state index in [0.29, 0.717) is 28.7 Å². The van der Waals surface area contributed by atoms with E-state index in [-0.39, 0.29) is 17.1 Å². The minimum absolute atomic E-state index is 0.129. The van der Waals surface area contributed by atoms with E-state index in [1.807, 2.05) is 85.1 Å². The van der Waals surface area contributed by atoms with Crippen molar-refractivity contribution in [2.24, 2.45) is 0 Å². The fraction of sp³-hybridized carbons (Fsp3) is 0.167. The second-order valence-corrected chi connectivity index (χ2v) is 10.5. The van der Waals surface area contributed by atoms with Crippen molar-refractivity contribution in [3.63, 3.8) is 0 Å². The molecule has 4 aromatic rings. The highest BCUT2D eigenvalue weighted by atomic mass is 32.2. The predicted octanol–water partition coefficient (Wildman–Crippen LogP) is 6.99. The molecule has 7 nitrogen and oxygen atoms in total. The number of thioether (sulfide) groups is 1. The number of benzene rings is 3. The van der Waals surface area contributed by atoms with E-state index in [0.717, 1.165) is 21.7 Å². The van der Waals surface area contributed by atoms with E-state index >= 15 is 0 Å². The normalized spacial score (nSPS) is 11.7. The molecule has 0 saturated heterocycles. The molecule has 200 valence electrons. The Balaban J connectivity index is 1.37. The van der Waals surface area contributed by atoms with Crippen LogP contribution < -0.4 is 20.1 Å². The van der Waals surface area contributed by atoms with Crippen molar-refractivity contribution < 1.29 is 19.1 Å². The van der Waals surface area contributed by atoms with E-state index in [9.17, 15) is 9.59 Å². The Kier molecular flexibility index (Phi) is 9.77. The van der Waals surface area contributed by atoms with Gasteiger partial charge in [-0.05, 0) is 54.5 Å². The number of carbonyl (C=O) groups is 2. The molecule has 0 bridgehead atoms. The molecule has 0 spiro atoms. The molecule has 1 heterocycles. The van der Waals surface area contributed by atoms with Gasteiger partial charge in [-0.3, -0.25) is 9.59 Å². The van der Waals surface area contributed by atoms with Gasteiger partial charge in [0.05, 0.1) is 25.2 Å². The molecule has 1 aromatic heterocycles. The molecule has 0 aliphatic heterocycles. The van der Waals surface area contributed by atoms with Crippen molar-refractivity contribution in [3.05, 3.63) is 89.8 Å². The van der Waals surface area contributed by atoms with Crippen LogP contribution >= 0.6 is 23.1 Å². The number of nitrogens with zero attached hydrogens (tertiary/aromatic N) is 1. The first-order valence-corrected chi connectivity index (χ1v) is 14.0. The maximum atomic E-state index is 13.1. The Hall–Kier alpha value is -4.08. The fourth-order valence-corrected chi connectivity index (χ4v) is 5.43. The van der Waals surface area contributed by atoms with Gasteiger partial charge in [-0.25, -0.2) is 4.98 Å². The topological polar surface area (TPSA) is 89.6 Å². The van der Waals surface area contributed by atoms with Gasteiger partial charge in [0.1, 0.15) is 0 Å². The van der Waals surface area contributed by atoms with Gasteiger partial charge in [-0.2, -0.15) is 0 Å². The molecule has 1 unspecified atom stereocenters. The SMILES string of the molecule is CCC(Sc1cccc(NC(=O)/C=C/c2ccccc2)c1)C(=O)Nc1nc(-c2ccc(OC)c(OC)c2)cs1. The number of methoxy groups -OCH3 is 2. The van der Waals surface area contributed by atoms with Gasteiger partial charge in [0.2, 0.25) is 11.8 Å². The monoisotopic (exact) mass is 559 g/mol. The number of thiazole rings is 1. The van der Waals surface area contributed by atoms with Gasteiger partial charge < -0.3 is 20.1 Å². The summed E-state index contributed by atoms with van der Waals surface area (Å²) in [7, 11) is 3.18. The number of amides is 2. The Morgan fingerprint density at radius 1 is 0.974 bits per heavy atom. The zero-order valence-corrected chi connectivity index (χ0v) is 23.5. The van der Waals surface area contributed by atoms with Crippen molar-refractivity contribution in [2.75, 3.05) is 24.9 Å². The second-order valence-electron chi connectivity index (χ2n) is 8.37. The van der Waals surface area contributed by atoms with Crippen LogP contribution in [0.5, 0.6) is 11.5 Å². The number of aromatic nitrogens is 1. The first kappa shape index (κ1) is 27.9. The smallest absolute Gasteiger partial charge is 0.248 e. The second kappa shape index (κ2) is 13.6. The number of ether oxygens (including phenoxy) is 2. The van der Waals surface area contributed by atoms with Crippen LogP contribution in [0.4, 0.5) is 10.8 Å². The van der Waals surface area contributed by atoms with Crippen molar-refractivity contribution in [3.8, 4) is 22.8 Å². The summed E-state index contributed by atoms with van der Waals surface area (Å²) in [6, 6.07) is 22.7. The molecule has 0 saturated carbocycles. The maximum absolute atomic E-state index is 13.1. The van der Waals surface area contributed by atoms with E-state index < -0.39 is 0 Å². The summed E-state index contributed by atoms with van der Waals surface area (Å²) in [6.45, 7) is 1.97. The highest BCUT2D eigenvalue weighted by Crippen LogP contribution is 2.34. The molecule has 3 aromatic carbocycles. The first-order chi connectivity index (χ1) is 19.0. The fourth-order valence-electron chi connectivity index (χ4n) is 3.70. The third-order valence-electron chi connectivity index (χ3n) is 5.68. The lowest BCUT2D eigenvalue weighted by atomic mass is 10.1. The summed E-state index contributed by atoms with van der Waals surface area (Å²) in [5.41, 5.74) is 3.22. The number of hydrogen-bond acceptors (Lipinski definition) is 7. The summed E-state index contributed by atoms with van der Waals surface area (Å²) < 4.78 is 10.7. The van der Waals surface area contributed by atoms with E-state index in [4.69, 9.17) is 9.47 Å². The highest BCUT2D eigenvalue weighted by molar-refractivity contribution is 8.00. The van der Waals surface area contributed by atoms with Crippen LogP contribution in [0.3, 0.4) is 0 Å². The molecular weight excluding hydrogens is 530 g/mol. The molecule has 2 amide bonds. The average molecular weight is 560 g/mol. The molecule has 4 rings (SSSR count). The van der Waals surface area contributed by atoms with Gasteiger partial charge in [0, 0.05) is 27.6 Å². The lowest BCUT2D eigenvalue weighted by Crippen LogP contribution is -2.24. The molecule has 2 N–H and O–H groups in total.